The molecule has 4 nitrogen and oxygen atoms in total. The minimum atomic E-state index is -0.113. The van der Waals surface area contributed by atoms with Gasteiger partial charge in [0.1, 0.15) is 0 Å². The second-order valence-electron chi connectivity index (χ2n) is 6.37. The molecule has 3 N–H and O–H groups in total. The fourth-order valence-corrected chi connectivity index (χ4v) is 5.06. The molecule has 0 aliphatic heterocycles. The third-order valence-corrected chi connectivity index (χ3v) is 6.22. The van der Waals surface area contributed by atoms with Crippen LogP contribution in [-0.2, 0) is 6.42 Å². The number of rotatable bonds is 3. The van der Waals surface area contributed by atoms with Crippen LogP contribution in [0.1, 0.15) is 53.4 Å². The third kappa shape index (κ3) is 3.13. The van der Waals surface area contributed by atoms with Gasteiger partial charge in [-0.1, -0.05) is 13.3 Å². The number of thiocarbonyl (C=S) groups is 1. The van der Waals surface area contributed by atoms with E-state index in [1.54, 1.807) is 11.3 Å². The zero-order valence-corrected chi connectivity index (χ0v) is 14.7. The Labute approximate surface area is 141 Å². The van der Waals surface area contributed by atoms with Crippen molar-refractivity contribution in [3.8, 4) is 0 Å². The molecule has 120 valence electrons. The molecule has 3 rings (SSSR count). The van der Waals surface area contributed by atoms with Gasteiger partial charge < -0.3 is 5.32 Å². The summed E-state index contributed by atoms with van der Waals surface area (Å²) in [6.45, 7) is 4.12. The molecule has 0 spiro atoms. The van der Waals surface area contributed by atoms with Crippen LogP contribution >= 0.6 is 23.6 Å². The molecule has 2 bridgehead atoms. The molecule has 0 aromatic carbocycles. The fraction of sp³-hybridized carbons (Fsp3) is 0.625. The molecular formula is C16H23N3OS2. The van der Waals surface area contributed by atoms with E-state index in [9.17, 15) is 4.79 Å². The summed E-state index contributed by atoms with van der Waals surface area (Å²) in [5.74, 6) is 1.52. The first-order valence-corrected chi connectivity index (χ1v) is 9.31. The molecule has 1 aromatic heterocycles. The first-order chi connectivity index (χ1) is 10.6. The van der Waals surface area contributed by atoms with Gasteiger partial charge in [0.2, 0.25) is 0 Å². The van der Waals surface area contributed by atoms with Gasteiger partial charge in [-0.2, -0.15) is 0 Å². The van der Waals surface area contributed by atoms with Crippen molar-refractivity contribution in [1.82, 2.24) is 16.2 Å². The number of hydrogen-bond acceptors (Lipinski definition) is 3. The minimum Gasteiger partial charge on any atom is -0.358 e. The van der Waals surface area contributed by atoms with Crippen LogP contribution < -0.4 is 16.2 Å². The standard InChI is InChI=1S/C16H23N3OS2/c1-3-12-9(2)22-8-13(12)15(20)18-19-16(21)17-14-7-10-4-5-11(14)6-10/h8,10-11,14H,3-7H2,1-2H3,(H,18,20)(H2,17,19,21)/t10-,11-,14+/m0/s1. The number of aryl methyl sites for hydroxylation is 1. The highest BCUT2D eigenvalue weighted by Crippen LogP contribution is 2.44. The highest BCUT2D eigenvalue weighted by Gasteiger charge is 2.39. The number of hydrazine groups is 1. The van der Waals surface area contributed by atoms with Crippen molar-refractivity contribution in [2.45, 2.75) is 52.0 Å². The van der Waals surface area contributed by atoms with Gasteiger partial charge in [0, 0.05) is 16.3 Å². The summed E-state index contributed by atoms with van der Waals surface area (Å²) in [6.07, 6.45) is 6.10. The molecule has 22 heavy (non-hydrogen) atoms. The maximum absolute atomic E-state index is 12.3. The predicted molar refractivity (Wildman–Crippen MR) is 94.0 cm³/mol. The summed E-state index contributed by atoms with van der Waals surface area (Å²) in [7, 11) is 0. The lowest BCUT2D eigenvalue weighted by molar-refractivity contribution is 0.0943. The van der Waals surface area contributed by atoms with Crippen LogP contribution in [0.15, 0.2) is 5.38 Å². The summed E-state index contributed by atoms with van der Waals surface area (Å²) in [6, 6.07) is 0.477. The monoisotopic (exact) mass is 337 g/mol. The topological polar surface area (TPSA) is 53.2 Å². The van der Waals surface area contributed by atoms with Gasteiger partial charge in [0.15, 0.2) is 5.11 Å². The summed E-state index contributed by atoms with van der Waals surface area (Å²) < 4.78 is 0. The Morgan fingerprint density at radius 3 is 2.82 bits per heavy atom. The van der Waals surface area contributed by atoms with Gasteiger partial charge >= 0.3 is 0 Å². The molecule has 0 radical (unpaired) electrons. The number of carbonyl (C=O) groups is 1. The molecule has 1 heterocycles. The van der Waals surface area contributed by atoms with Crippen LogP contribution in [0, 0.1) is 18.8 Å². The van der Waals surface area contributed by atoms with Gasteiger partial charge in [-0.05, 0) is 62.2 Å². The van der Waals surface area contributed by atoms with Crippen molar-refractivity contribution in [3.63, 3.8) is 0 Å². The van der Waals surface area contributed by atoms with Crippen molar-refractivity contribution in [2.24, 2.45) is 11.8 Å². The first kappa shape index (κ1) is 15.7. The number of carbonyl (C=O) groups excluding carboxylic acids is 1. The molecule has 2 aliphatic rings. The quantitative estimate of drug-likeness (QED) is 0.586. The third-order valence-electron chi connectivity index (χ3n) is 5.05. The van der Waals surface area contributed by atoms with Crippen molar-refractivity contribution in [2.75, 3.05) is 0 Å². The largest absolute Gasteiger partial charge is 0.358 e. The Morgan fingerprint density at radius 1 is 1.36 bits per heavy atom. The van der Waals surface area contributed by atoms with Crippen LogP contribution in [0.4, 0.5) is 0 Å². The van der Waals surface area contributed by atoms with Crippen LogP contribution in [0.5, 0.6) is 0 Å². The molecule has 1 amide bonds. The van der Waals surface area contributed by atoms with Crippen LogP contribution in [0.3, 0.4) is 0 Å². The maximum Gasteiger partial charge on any atom is 0.270 e. The van der Waals surface area contributed by atoms with Crippen molar-refractivity contribution >= 4 is 34.6 Å². The first-order valence-electron chi connectivity index (χ1n) is 8.02. The van der Waals surface area contributed by atoms with Gasteiger partial charge in [0.05, 0.1) is 5.56 Å². The molecule has 2 aliphatic carbocycles. The second kappa shape index (κ2) is 6.54. The van der Waals surface area contributed by atoms with Gasteiger partial charge in [-0.15, -0.1) is 11.3 Å². The number of amides is 1. The maximum atomic E-state index is 12.3. The Kier molecular flexibility index (Phi) is 4.68. The lowest BCUT2D eigenvalue weighted by Crippen LogP contribution is -2.50. The Balaban J connectivity index is 1.49. The van der Waals surface area contributed by atoms with E-state index in [1.165, 1.54) is 30.6 Å². The molecule has 2 fully saturated rings. The number of fused-ring (bicyclic) bond motifs is 2. The zero-order valence-electron chi connectivity index (χ0n) is 13.1. The van der Waals surface area contributed by atoms with Crippen molar-refractivity contribution < 1.29 is 4.79 Å². The van der Waals surface area contributed by atoms with Crippen LogP contribution in [0.25, 0.3) is 0 Å². The number of hydrogen-bond donors (Lipinski definition) is 3. The summed E-state index contributed by atoms with van der Waals surface area (Å²) in [5, 5.41) is 5.80. The van der Waals surface area contributed by atoms with Crippen molar-refractivity contribution in [1.29, 1.82) is 0 Å². The molecule has 0 unspecified atom stereocenters. The van der Waals surface area contributed by atoms with E-state index in [-0.39, 0.29) is 5.91 Å². The predicted octanol–water partition coefficient (Wildman–Crippen LogP) is 2.92. The molecule has 3 atom stereocenters. The number of thiophene rings is 1. The highest BCUT2D eigenvalue weighted by molar-refractivity contribution is 7.80. The van der Waals surface area contributed by atoms with Gasteiger partial charge in [0.25, 0.3) is 5.91 Å². The number of nitrogens with one attached hydrogen (secondary N) is 3. The van der Waals surface area contributed by atoms with Gasteiger partial charge in [-0.3, -0.25) is 15.6 Å². The summed E-state index contributed by atoms with van der Waals surface area (Å²) in [4.78, 5) is 13.5. The Bertz CT molecular complexity index is 584. The van der Waals surface area contributed by atoms with E-state index < -0.39 is 0 Å². The molecule has 6 heteroatoms. The average molecular weight is 338 g/mol. The summed E-state index contributed by atoms with van der Waals surface area (Å²) >= 11 is 6.92. The summed E-state index contributed by atoms with van der Waals surface area (Å²) in [5.41, 5.74) is 7.44. The molecule has 2 saturated carbocycles. The Morgan fingerprint density at radius 2 is 2.18 bits per heavy atom. The molecule has 0 saturated heterocycles. The van der Waals surface area contributed by atoms with E-state index in [1.807, 2.05) is 5.38 Å². The normalized spacial score (nSPS) is 26.0. The van der Waals surface area contributed by atoms with Crippen LogP contribution in [0.2, 0.25) is 0 Å². The Hall–Kier alpha value is -1.14. The van der Waals surface area contributed by atoms with E-state index in [2.05, 4.69) is 30.0 Å². The van der Waals surface area contributed by atoms with E-state index >= 15 is 0 Å². The second-order valence-corrected chi connectivity index (χ2v) is 7.86. The lowest BCUT2D eigenvalue weighted by Gasteiger charge is -2.24. The minimum absolute atomic E-state index is 0.113. The van der Waals surface area contributed by atoms with E-state index in [0.29, 0.717) is 11.2 Å². The van der Waals surface area contributed by atoms with E-state index in [0.717, 1.165) is 29.4 Å². The zero-order chi connectivity index (χ0) is 15.7. The highest BCUT2D eigenvalue weighted by atomic mass is 32.1. The molecular weight excluding hydrogens is 314 g/mol. The van der Waals surface area contributed by atoms with Crippen molar-refractivity contribution in [3.05, 3.63) is 21.4 Å². The van der Waals surface area contributed by atoms with E-state index in [4.69, 9.17) is 12.2 Å². The SMILES string of the molecule is CCc1c(C(=O)NNC(=S)N[C@@H]2C[C@H]3CC[C@H]2C3)csc1C. The smallest absolute Gasteiger partial charge is 0.270 e. The average Bonchev–Trinajstić information content (AvgIpc) is 3.19. The lowest BCUT2D eigenvalue weighted by atomic mass is 9.96. The molecule has 1 aromatic rings. The fourth-order valence-electron chi connectivity index (χ4n) is 3.92. The van der Waals surface area contributed by atoms with Gasteiger partial charge in [-0.25, -0.2) is 0 Å². The van der Waals surface area contributed by atoms with Crippen LogP contribution in [-0.4, -0.2) is 17.1 Å².